The van der Waals surface area contributed by atoms with Crippen molar-refractivity contribution >= 4 is 11.4 Å². The molecule has 4 rings (SSSR count). The summed E-state index contributed by atoms with van der Waals surface area (Å²) in [7, 11) is 0. The fourth-order valence-corrected chi connectivity index (χ4v) is 4.74. The molecule has 0 aliphatic carbocycles. The van der Waals surface area contributed by atoms with Gasteiger partial charge in [-0.15, -0.1) is 0 Å². The van der Waals surface area contributed by atoms with Crippen LogP contribution in [0, 0.1) is 32.1 Å². The standard InChI is InChI=1S/C23H28N4O4/c28-26(29)22-5-1-18(2-6-22)9-11-24-14-20-13-21(15-24)17-25(16-20)12-10-19-3-7-23(8-4-19)27(30)31/h1-8,20-21H,9-17H2/i5T,6T,7T,8T. The van der Waals surface area contributed by atoms with Crippen molar-refractivity contribution in [2.45, 2.75) is 19.3 Å². The van der Waals surface area contributed by atoms with E-state index in [-0.39, 0.29) is 24.2 Å². The Morgan fingerprint density at radius 2 is 1.13 bits per heavy atom. The lowest BCUT2D eigenvalue weighted by Crippen LogP contribution is -2.53. The molecule has 0 atom stereocenters. The molecule has 2 bridgehead atoms. The first kappa shape index (κ1) is 16.8. The van der Waals surface area contributed by atoms with Crippen LogP contribution in [0.15, 0.2) is 48.4 Å². The lowest BCUT2D eigenvalue weighted by atomic mass is 9.84. The third-order valence-corrected chi connectivity index (χ3v) is 6.11. The monoisotopic (exact) mass is 432 g/mol. The first-order valence-corrected chi connectivity index (χ1v) is 10.5. The molecule has 0 N–H and O–H groups in total. The number of fused-ring (bicyclic) bond motifs is 2. The highest BCUT2D eigenvalue weighted by Gasteiger charge is 2.33. The van der Waals surface area contributed by atoms with Gasteiger partial charge in [0.2, 0.25) is 0 Å². The molecule has 8 heteroatoms. The van der Waals surface area contributed by atoms with Gasteiger partial charge in [0, 0.05) is 63.4 Å². The number of piperidine rings is 2. The van der Waals surface area contributed by atoms with E-state index in [1.165, 1.54) is 30.7 Å². The van der Waals surface area contributed by atoms with Crippen LogP contribution in [0.4, 0.5) is 11.4 Å². The first-order valence-electron chi connectivity index (χ1n) is 12.5. The zero-order valence-electron chi connectivity index (χ0n) is 21.2. The Morgan fingerprint density at radius 1 is 0.774 bits per heavy atom. The molecule has 0 saturated carbocycles. The highest BCUT2D eigenvalue weighted by atomic mass is 16.6. The summed E-state index contributed by atoms with van der Waals surface area (Å²) in [5, 5.41) is 22.0. The van der Waals surface area contributed by atoms with Crippen LogP contribution in [0.25, 0.3) is 0 Å². The SMILES string of the molecule is [3H]c1cc(CCN2CC3CC(C2)CN(CCc2cc([3H])c([N+](=O)[O-])c([3H])c2)C3)cc([3H])c1[N+](=O)[O-]. The average Bonchev–Trinajstić information content (AvgIpc) is 2.74. The Balaban J connectivity index is 1.29. The number of nitrogens with zero attached hydrogens (tertiary/aromatic N) is 4. The third-order valence-electron chi connectivity index (χ3n) is 6.11. The van der Waals surface area contributed by atoms with Crippen LogP contribution < -0.4 is 0 Å². The number of benzene rings is 2. The van der Waals surface area contributed by atoms with Crippen molar-refractivity contribution in [2.75, 3.05) is 39.3 Å². The highest BCUT2D eigenvalue weighted by Crippen LogP contribution is 2.29. The summed E-state index contributed by atoms with van der Waals surface area (Å²) in [6.45, 7) is 5.37. The molecule has 2 saturated heterocycles. The minimum Gasteiger partial charge on any atom is -0.302 e. The Hall–Kier alpha value is -2.84. The number of nitro groups is 2. The average molecular weight is 433 g/mol. The van der Waals surface area contributed by atoms with Crippen molar-refractivity contribution in [3.63, 3.8) is 0 Å². The maximum atomic E-state index is 11.0. The normalized spacial score (nSPS) is 23.5. The topological polar surface area (TPSA) is 92.8 Å². The van der Waals surface area contributed by atoms with E-state index in [1.807, 2.05) is 0 Å². The van der Waals surface area contributed by atoms with E-state index in [1.54, 1.807) is 0 Å². The number of likely N-dealkylation sites (tertiary alicyclic amines) is 2. The zero-order valence-corrected chi connectivity index (χ0v) is 17.2. The quantitative estimate of drug-likeness (QED) is 0.468. The predicted octanol–water partition coefficient (Wildman–Crippen LogP) is 3.54. The maximum absolute atomic E-state index is 11.0. The molecule has 2 aromatic rings. The predicted molar refractivity (Wildman–Crippen MR) is 118 cm³/mol. The van der Waals surface area contributed by atoms with Gasteiger partial charge in [-0.3, -0.25) is 20.2 Å². The molecule has 0 radical (unpaired) electrons. The molecule has 31 heavy (non-hydrogen) atoms. The molecule has 2 aliphatic heterocycles. The number of rotatable bonds is 8. The van der Waals surface area contributed by atoms with E-state index < -0.39 is 21.2 Å². The highest BCUT2D eigenvalue weighted by molar-refractivity contribution is 5.33. The summed E-state index contributed by atoms with van der Waals surface area (Å²) >= 11 is 0. The fraction of sp³-hybridized carbons (Fsp3) is 0.478. The van der Waals surface area contributed by atoms with Gasteiger partial charge >= 0.3 is 0 Å². The van der Waals surface area contributed by atoms with Gasteiger partial charge < -0.3 is 9.80 Å². The number of hydrogen-bond donors (Lipinski definition) is 0. The van der Waals surface area contributed by atoms with Crippen molar-refractivity contribution in [3.8, 4) is 0 Å². The fourth-order valence-electron chi connectivity index (χ4n) is 4.74. The van der Waals surface area contributed by atoms with Crippen molar-refractivity contribution in [3.05, 3.63) is 79.8 Å². The molecule has 8 nitrogen and oxygen atoms in total. The molecule has 2 heterocycles. The molecule has 2 aliphatic rings. The van der Waals surface area contributed by atoms with Gasteiger partial charge in [0.05, 0.1) is 15.3 Å². The molecule has 0 spiro atoms. The third kappa shape index (κ3) is 5.65. The molecule has 2 aromatic carbocycles. The van der Waals surface area contributed by atoms with Gasteiger partial charge in [-0.25, -0.2) is 0 Å². The van der Waals surface area contributed by atoms with Crippen LogP contribution >= 0.6 is 0 Å². The van der Waals surface area contributed by atoms with Crippen LogP contribution in [0.2, 0.25) is 0 Å². The van der Waals surface area contributed by atoms with Gasteiger partial charge in [0.1, 0.15) is 0 Å². The second-order valence-corrected chi connectivity index (χ2v) is 8.50. The van der Waals surface area contributed by atoms with E-state index >= 15 is 0 Å². The zero-order chi connectivity index (χ0) is 25.3. The second kappa shape index (κ2) is 9.53. The van der Waals surface area contributed by atoms with E-state index in [4.69, 9.17) is 5.48 Å². The van der Waals surface area contributed by atoms with Crippen molar-refractivity contribution in [1.82, 2.24) is 9.80 Å². The minimum atomic E-state index is -0.675. The van der Waals surface area contributed by atoms with Gasteiger partial charge in [0.15, 0.2) is 0 Å². The Labute approximate surface area is 187 Å². The van der Waals surface area contributed by atoms with Crippen LogP contribution in [-0.4, -0.2) is 58.9 Å². The van der Waals surface area contributed by atoms with E-state index in [9.17, 15) is 20.2 Å². The molecular formula is C23H28N4O4. The molecule has 2 fully saturated rings. The van der Waals surface area contributed by atoms with Crippen LogP contribution in [0.5, 0.6) is 0 Å². The van der Waals surface area contributed by atoms with Gasteiger partial charge in [-0.2, -0.15) is 0 Å². The molecule has 0 amide bonds. The minimum absolute atomic E-state index is 0.216. The lowest BCUT2D eigenvalue weighted by Gasteiger charge is -2.46. The van der Waals surface area contributed by atoms with Gasteiger partial charge in [0.25, 0.3) is 11.4 Å². The van der Waals surface area contributed by atoms with Crippen LogP contribution in [0.3, 0.4) is 0 Å². The molecular weight excluding hydrogens is 396 g/mol. The van der Waals surface area contributed by atoms with E-state index in [0.29, 0.717) is 24.7 Å². The molecule has 0 unspecified atom stereocenters. The number of hydrogen-bond acceptors (Lipinski definition) is 6. The van der Waals surface area contributed by atoms with E-state index in [2.05, 4.69) is 9.80 Å². The van der Waals surface area contributed by atoms with Crippen LogP contribution in [0.1, 0.15) is 23.0 Å². The number of nitro benzene ring substituents is 2. The summed E-state index contributed by atoms with van der Waals surface area (Å²) in [6, 6.07) is 5.10. The molecule has 164 valence electrons. The smallest absolute Gasteiger partial charge is 0.269 e. The Kier molecular flexibility index (Phi) is 5.17. The van der Waals surface area contributed by atoms with E-state index in [0.717, 1.165) is 50.4 Å². The van der Waals surface area contributed by atoms with Crippen LogP contribution in [-0.2, 0) is 12.8 Å². The second-order valence-electron chi connectivity index (χ2n) is 8.50. The van der Waals surface area contributed by atoms with Crippen molar-refractivity contribution in [1.29, 1.82) is 0 Å². The molecule has 0 aromatic heterocycles. The summed E-state index contributed by atoms with van der Waals surface area (Å²) < 4.78 is 31.4. The van der Waals surface area contributed by atoms with Gasteiger partial charge in [-0.05, 0) is 42.2 Å². The largest absolute Gasteiger partial charge is 0.302 e. The Morgan fingerprint density at radius 3 is 1.45 bits per heavy atom. The van der Waals surface area contributed by atoms with Crippen molar-refractivity contribution in [2.24, 2.45) is 11.8 Å². The van der Waals surface area contributed by atoms with Gasteiger partial charge in [-0.1, -0.05) is 24.3 Å². The Bertz CT molecular complexity index is 1000. The first-order chi connectivity index (χ1) is 16.6. The van der Waals surface area contributed by atoms with Crippen molar-refractivity contribution < 1.29 is 15.3 Å². The summed E-state index contributed by atoms with van der Waals surface area (Å²) in [5.41, 5.74) is 0.642. The summed E-state index contributed by atoms with van der Waals surface area (Å²) in [4.78, 5) is 25.5. The summed E-state index contributed by atoms with van der Waals surface area (Å²) in [5.74, 6) is 1.04. The maximum Gasteiger partial charge on any atom is 0.269 e. The lowest BCUT2D eigenvalue weighted by molar-refractivity contribution is -0.385. The summed E-state index contributed by atoms with van der Waals surface area (Å²) in [6.07, 6.45) is 2.46.